The lowest BCUT2D eigenvalue weighted by molar-refractivity contribution is -0.132. The molecule has 2 N–H and O–H groups in total. The molecule has 1 heterocycles. The topological polar surface area (TPSA) is 77.8 Å². The Morgan fingerprint density at radius 3 is 2.29 bits per heavy atom. The fourth-order valence-corrected chi connectivity index (χ4v) is 3.93. The number of carbonyl (C=O) groups excluding carboxylic acids is 2. The summed E-state index contributed by atoms with van der Waals surface area (Å²) in [6.45, 7) is 5.78. The lowest BCUT2D eigenvalue weighted by Gasteiger charge is -2.26. The summed E-state index contributed by atoms with van der Waals surface area (Å²) in [4.78, 5) is 27.6. The molecule has 0 saturated carbocycles. The van der Waals surface area contributed by atoms with Crippen LogP contribution in [0.5, 0.6) is 5.75 Å². The molecule has 1 aliphatic rings. The van der Waals surface area contributed by atoms with Crippen molar-refractivity contribution in [2.75, 3.05) is 4.90 Å². The van der Waals surface area contributed by atoms with Gasteiger partial charge in [-0.1, -0.05) is 36.4 Å². The number of ketones is 1. The molecule has 1 aliphatic heterocycles. The zero-order valence-corrected chi connectivity index (χ0v) is 17.6. The zero-order valence-electron chi connectivity index (χ0n) is 17.6. The molecule has 5 heteroatoms. The highest BCUT2D eigenvalue weighted by molar-refractivity contribution is 6.51. The number of nitrogens with zero attached hydrogens (tertiary/aromatic N) is 1. The highest BCUT2D eigenvalue weighted by Crippen LogP contribution is 2.43. The minimum absolute atomic E-state index is 0.000333. The normalized spacial score (nSPS) is 17.9. The average Bonchev–Trinajstić information content (AvgIpc) is 3.00. The largest absolute Gasteiger partial charge is 0.508 e. The van der Waals surface area contributed by atoms with Crippen LogP contribution >= 0.6 is 0 Å². The van der Waals surface area contributed by atoms with Crippen molar-refractivity contribution in [3.05, 3.63) is 100 Å². The van der Waals surface area contributed by atoms with Crippen molar-refractivity contribution in [1.82, 2.24) is 0 Å². The van der Waals surface area contributed by atoms with Gasteiger partial charge in [0.2, 0.25) is 0 Å². The van der Waals surface area contributed by atoms with Gasteiger partial charge < -0.3 is 10.2 Å². The first kappa shape index (κ1) is 20.4. The van der Waals surface area contributed by atoms with E-state index in [1.165, 1.54) is 17.0 Å². The maximum absolute atomic E-state index is 13.1. The van der Waals surface area contributed by atoms with Crippen LogP contribution in [0.4, 0.5) is 5.69 Å². The van der Waals surface area contributed by atoms with Gasteiger partial charge in [0.25, 0.3) is 11.7 Å². The van der Waals surface area contributed by atoms with E-state index in [0.717, 1.165) is 16.7 Å². The molecule has 0 aliphatic carbocycles. The van der Waals surface area contributed by atoms with E-state index in [2.05, 4.69) is 0 Å². The van der Waals surface area contributed by atoms with Crippen LogP contribution in [0.3, 0.4) is 0 Å². The Hall–Kier alpha value is -3.86. The molecule has 1 unspecified atom stereocenters. The number of amides is 1. The van der Waals surface area contributed by atoms with Crippen LogP contribution in [0.15, 0.2) is 72.3 Å². The number of phenols is 1. The van der Waals surface area contributed by atoms with E-state index in [0.29, 0.717) is 16.8 Å². The molecule has 5 nitrogen and oxygen atoms in total. The second-order valence-electron chi connectivity index (χ2n) is 7.90. The van der Waals surface area contributed by atoms with Gasteiger partial charge >= 0.3 is 0 Å². The van der Waals surface area contributed by atoms with Crippen molar-refractivity contribution in [2.45, 2.75) is 26.8 Å². The Labute approximate surface area is 180 Å². The molecule has 0 bridgehead atoms. The lowest BCUT2D eigenvalue weighted by atomic mass is 9.94. The third-order valence-electron chi connectivity index (χ3n) is 5.69. The summed E-state index contributed by atoms with van der Waals surface area (Å²) in [5.41, 5.74) is 4.51. The van der Waals surface area contributed by atoms with Crippen LogP contribution in [-0.2, 0) is 9.59 Å². The quantitative estimate of drug-likeness (QED) is 0.362. The first-order valence-corrected chi connectivity index (χ1v) is 10.0. The molecule has 4 rings (SSSR count). The number of benzene rings is 3. The summed E-state index contributed by atoms with van der Waals surface area (Å²) in [6.07, 6.45) is 0. The number of aliphatic hydroxyl groups is 1. The Balaban J connectivity index is 1.97. The molecular formula is C26H23NO4. The summed E-state index contributed by atoms with van der Waals surface area (Å²) in [7, 11) is 0. The van der Waals surface area contributed by atoms with Gasteiger partial charge in [0.05, 0.1) is 11.6 Å². The first-order valence-electron chi connectivity index (χ1n) is 10.0. The number of anilines is 1. The number of carbonyl (C=O) groups is 2. The fraction of sp³-hybridized carbons (Fsp3) is 0.154. The Morgan fingerprint density at radius 2 is 1.61 bits per heavy atom. The molecule has 1 atom stereocenters. The van der Waals surface area contributed by atoms with Gasteiger partial charge in [-0.2, -0.15) is 0 Å². The number of phenolic OH excluding ortho intramolecular Hbond substituents is 1. The number of hydrogen-bond acceptors (Lipinski definition) is 4. The Kier molecular flexibility index (Phi) is 5.11. The third kappa shape index (κ3) is 3.59. The molecular weight excluding hydrogens is 390 g/mol. The summed E-state index contributed by atoms with van der Waals surface area (Å²) >= 11 is 0. The number of aromatic hydroxyl groups is 1. The van der Waals surface area contributed by atoms with Crippen molar-refractivity contribution in [2.24, 2.45) is 0 Å². The van der Waals surface area contributed by atoms with E-state index in [-0.39, 0.29) is 17.1 Å². The monoisotopic (exact) mass is 413 g/mol. The highest BCUT2D eigenvalue weighted by Gasteiger charge is 2.47. The molecule has 1 fully saturated rings. The van der Waals surface area contributed by atoms with E-state index >= 15 is 0 Å². The first-order chi connectivity index (χ1) is 14.8. The number of hydrogen-bond donors (Lipinski definition) is 2. The van der Waals surface area contributed by atoms with Crippen molar-refractivity contribution in [1.29, 1.82) is 0 Å². The fourth-order valence-electron chi connectivity index (χ4n) is 3.93. The predicted octanol–water partition coefficient (Wildman–Crippen LogP) is 4.94. The molecule has 1 amide bonds. The van der Waals surface area contributed by atoms with Gasteiger partial charge in [0, 0.05) is 11.3 Å². The van der Waals surface area contributed by atoms with Crippen LogP contribution in [0.1, 0.15) is 33.9 Å². The van der Waals surface area contributed by atoms with Crippen LogP contribution in [0, 0.1) is 20.8 Å². The maximum atomic E-state index is 13.1. The second kappa shape index (κ2) is 7.76. The van der Waals surface area contributed by atoms with Crippen LogP contribution in [-0.4, -0.2) is 21.9 Å². The van der Waals surface area contributed by atoms with E-state index < -0.39 is 17.7 Å². The molecule has 3 aromatic rings. The van der Waals surface area contributed by atoms with Crippen molar-refractivity contribution in [3.63, 3.8) is 0 Å². The van der Waals surface area contributed by atoms with Crippen molar-refractivity contribution in [3.8, 4) is 5.75 Å². The zero-order chi connectivity index (χ0) is 22.3. The number of aliphatic hydroxyl groups excluding tert-OH is 1. The number of rotatable bonds is 3. The average molecular weight is 413 g/mol. The summed E-state index contributed by atoms with van der Waals surface area (Å²) in [5, 5.41) is 21.2. The summed E-state index contributed by atoms with van der Waals surface area (Å²) < 4.78 is 0. The van der Waals surface area contributed by atoms with E-state index in [1.807, 2.05) is 45.0 Å². The third-order valence-corrected chi connectivity index (χ3v) is 5.69. The van der Waals surface area contributed by atoms with Crippen LogP contribution in [0.2, 0.25) is 0 Å². The Bertz CT molecular complexity index is 1240. The second-order valence-corrected chi connectivity index (χ2v) is 7.90. The summed E-state index contributed by atoms with van der Waals surface area (Å²) in [5.74, 6) is -1.70. The van der Waals surface area contributed by atoms with Gasteiger partial charge in [-0.05, 0) is 73.4 Å². The SMILES string of the molecule is Cc1cccc(N2C(=O)C(=O)/C(=C(\O)c3ccc(C)c(C)c3)C2c2cccc(O)c2)c1. The van der Waals surface area contributed by atoms with Gasteiger partial charge in [0.15, 0.2) is 0 Å². The van der Waals surface area contributed by atoms with E-state index in [4.69, 9.17) is 0 Å². The van der Waals surface area contributed by atoms with Gasteiger partial charge in [0.1, 0.15) is 11.5 Å². The van der Waals surface area contributed by atoms with Gasteiger partial charge in [-0.25, -0.2) is 0 Å². The minimum Gasteiger partial charge on any atom is -0.508 e. The molecule has 1 saturated heterocycles. The lowest BCUT2D eigenvalue weighted by Crippen LogP contribution is -2.29. The smallest absolute Gasteiger partial charge is 0.300 e. The molecule has 31 heavy (non-hydrogen) atoms. The minimum atomic E-state index is -0.865. The van der Waals surface area contributed by atoms with Gasteiger partial charge in [-0.3, -0.25) is 14.5 Å². The number of aryl methyl sites for hydroxylation is 3. The molecule has 156 valence electrons. The van der Waals surface area contributed by atoms with Crippen molar-refractivity contribution >= 4 is 23.1 Å². The van der Waals surface area contributed by atoms with E-state index in [1.54, 1.807) is 30.3 Å². The maximum Gasteiger partial charge on any atom is 0.300 e. The molecule has 3 aromatic carbocycles. The van der Waals surface area contributed by atoms with Crippen molar-refractivity contribution < 1.29 is 19.8 Å². The molecule has 0 spiro atoms. The van der Waals surface area contributed by atoms with Crippen LogP contribution in [0.25, 0.3) is 5.76 Å². The van der Waals surface area contributed by atoms with Gasteiger partial charge in [-0.15, -0.1) is 0 Å². The Morgan fingerprint density at radius 1 is 0.871 bits per heavy atom. The standard InChI is InChI=1S/C26H23NO4/c1-15-6-4-8-20(12-15)27-23(18-7-5-9-21(28)14-18)22(25(30)26(27)31)24(29)19-11-10-16(2)17(3)13-19/h4-14,23,28-29H,1-3H3/b24-22-. The molecule has 0 radical (unpaired) electrons. The molecule has 0 aromatic heterocycles. The summed E-state index contributed by atoms with van der Waals surface area (Å²) in [6, 6.07) is 18.2. The predicted molar refractivity (Wildman–Crippen MR) is 120 cm³/mol. The van der Waals surface area contributed by atoms with E-state index in [9.17, 15) is 19.8 Å². The van der Waals surface area contributed by atoms with Crippen LogP contribution < -0.4 is 4.90 Å². The highest BCUT2D eigenvalue weighted by atomic mass is 16.3. The number of Topliss-reactive ketones (excluding diaryl/α,β-unsaturated/α-hetero) is 1.